The Labute approximate surface area is 165 Å². The van der Waals surface area contributed by atoms with Gasteiger partial charge >= 0.3 is 0 Å². The summed E-state index contributed by atoms with van der Waals surface area (Å²) in [6.07, 6.45) is 5.33. The van der Waals surface area contributed by atoms with Crippen LogP contribution in [-0.2, 0) is 24.1 Å². The van der Waals surface area contributed by atoms with E-state index in [1.165, 1.54) is 18.3 Å². The van der Waals surface area contributed by atoms with Crippen molar-refractivity contribution >= 4 is 5.95 Å². The lowest BCUT2D eigenvalue weighted by atomic mass is 9.99. The topological polar surface area (TPSA) is 84.8 Å². The van der Waals surface area contributed by atoms with E-state index in [1.54, 1.807) is 7.11 Å². The summed E-state index contributed by atoms with van der Waals surface area (Å²) < 4.78 is 7.45. The van der Waals surface area contributed by atoms with E-state index in [9.17, 15) is 0 Å². The molecule has 1 aliphatic rings. The van der Waals surface area contributed by atoms with Crippen LogP contribution in [0.25, 0.3) is 0 Å². The Hall–Kier alpha value is -2.74. The Balaban J connectivity index is 1.47. The van der Waals surface area contributed by atoms with Crippen LogP contribution in [0.2, 0.25) is 0 Å². The van der Waals surface area contributed by atoms with Crippen LogP contribution >= 0.6 is 0 Å². The van der Waals surface area contributed by atoms with Gasteiger partial charge in [0.2, 0.25) is 5.95 Å². The predicted octanol–water partition coefficient (Wildman–Crippen LogP) is 2.09. The highest BCUT2D eigenvalue weighted by Gasteiger charge is 2.27. The second kappa shape index (κ2) is 8.97. The maximum atomic E-state index is 5.24. The fourth-order valence-corrected chi connectivity index (χ4v) is 3.88. The van der Waals surface area contributed by atoms with Crippen molar-refractivity contribution in [3.8, 4) is 0 Å². The first-order valence-corrected chi connectivity index (χ1v) is 9.87. The molecule has 8 nitrogen and oxygen atoms in total. The zero-order valence-electron chi connectivity index (χ0n) is 16.3. The first-order chi connectivity index (χ1) is 13.8. The molecule has 1 aliphatic heterocycles. The molecule has 1 unspecified atom stereocenters. The van der Waals surface area contributed by atoms with E-state index < -0.39 is 0 Å². The van der Waals surface area contributed by atoms with Crippen LogP contribution in [0.5, 0.6) is 0 Å². The molecule has 3 heterocycles. The Kier molecular flexibility index (Phi) is 5.96. The molecule has 0 spiro atoms. The summed E-state index contributed by atoms with van der Waals surface area (Å²) >= 11 is 0. The molecule has 3 aromatic rings. The second-order valence-electron chi connectivity index (χ2n) is 7.31. The third-order valence-electron chi connectivity index (χ3n) is 5.26. The van der Waals surface area contributed by atoms with E-state index in [-0.39, 0.29) is 0 Å². The number of H-pyrrole nitrogens is 1. The summed E-state index contributed by atoms with van der Waals surface area (Å²) in [4.78, 5) is 6.60. The Morgan fingerprint density at radius 3 is 2.89 bits per heavy atom. The highest BCUT2D eigenvalue weighted by Crippen LogP contribution is 2.26. The van der Waals surface area contributed by atoms with Crippen LogP contribution in [0.1, 0.15) is 30.1 Å². The minimum absolute atomic E-state index is 0.598. The van der Waals surface area contributed by atoms with Crippen LogP contribution < -0.4 is 4.90 Å². The van der Waals surface area contributed by atoms with Gasteiger partial charge in [-0.25, -0.2) is 4.98 Å². The van der Waals surface area contributed by atoms with Crippen LogP contribution in [0.15, 0.2) is 36.7 Å². The maximum absolute atomic E-state index is 5.24. The predicted molar refractivity (Wildman–Crippen MR) is 106 cm³/mol. The average molecular weight is 381 g/mol. The molecule has 0 amide bonds. The zero-order valence-corrected chi connectivity index (χ0v) is 16.3. The van der Waals surface area contributed by atoms with Crippen LogP contribution in [0.4, 0.5) is 5.95 Å². The summed E-state index contributed by atoms with van der Waals surface area (Å²) in [6, 6.07) is 10.7. The molecule has 0 radical (unpaired) electrons. The van der Waals surface area contributed by atoms with Crippen molar-refractivity contribution in [2.45, 2.75) is 32.2 Å². The van der Waals surface area contributed by atoms with Gasteiger partial charge in [-0.1, -0.05) is 30.3 Å². The largest absolute Gasteiger partial charge is 0.385 e. The molecule has 1 N–H and O–H groups in total. The highest BCUT2D eigenvalue weighted by atomic mass is 16.5. The van der Waals surface area contributed by atoms with E-state index >= 15 is 0 Å². The Bertz CT molecular complexity index is 847. The van der Waals surface area contributed by atoms with Gasteiger partial charge in [-0.3, -0.25) is 9.67 Å². The van der Waals surface area contributed by atoms with Crippen molar-refractivity contribution in [3.05, 3.63) is 53.9 Å². The number of hydrogen-bond acceptors (Lipinski definition) is 6. The maximum Gasteiger partial charge on any atom is 0.227 e. The number of rotatable bonds is 9. The lowest BCUT2D eigenvalue weighted by Crippen LogP contribution is -2.25. The van der Waals surface area contributed by atoms with Gasteiger partial charge in [0, 0.05) is 33.4 Å². The van der Waals surface area contributed by atoms with Crippen LogP contribution in [-0.4, -0.2) is 56.8 Å². The molecule has 2 aromatic heterocycles. The molecule has 1 saturated heterocycles. The molecular weight excluding hydrogens is 354 g/mol. The molecule has 0 bridgehead atoms. The Morgan fingerprint density at radius 2 is 2.11 bits per heavy atom. The monoisotopic (exact) mass is 381 g/mol. The van der Waals surface area contributed by atoms with E-state index in [4.69, 9.17) is 4.74 Å². The third-order valence-corrected chi connectivity index (χ3v) is 5.26. The van der Waals surface area contributed by atoms with Crippen LogP contribution in [0, 0.1) is 5.92 Å². The van der Waals surface area contributed by atoms with Gasteiger partial charge in [-0.15, -0.1) is 10.2 Å². The minimum Gasteiger partial charge on any atom is -0.385 e. The summed E-state index contributed by atoms with van der Waals surface area (Å²) in [5, 5.41) is 15.8. The second-order valence-corrected chi connectivity index (χ2v) is 7.31. The number of nitrogens with one attached hydrogen (secondary N) is 1. The standard InChI is InChI=1S/C20H27N7O/c1-28-11-5-9-27-19(13-18-21-15-22-23-18)24-25-20(27)26-10-8-17(14-26)12-16-6-3-2-4-7-16/h2-4,6-7,15,17H,5,8-14H2,1H3,(H,21,22,23). The van der Waals surface area contributed by atoms with Gasteiger partial charge in [0.1, 0.15) is 18.0 Å². The summed E-state index contributed by atoms with van der Waals surface area (Å²) in [6.45, 7) is 3.58. The van der Waals surface area contributed by atoms with Crippen molar-refractivity contribution in [2.75, 3.05) is 31.7 Å². The van der Waals surface area contributed by atoms with Crippen molar-refractivity contribution in [2.24, 2.45) is 5.92 Å². The van der Waals surface area contributed by atoms with Gasteiger partial charge in [0.15, 0.2) is 0 Å². The number of benzene rings is 1. The van der Waals surface area contributed by atoms with Gasteiger partial charge in [0.25, 0.3) is 0 Å². The summed E-state index contributed by atoms with van der Waals surface area (Å²) in [5.41, 5.74) is 1.40. The molecule has 1 aromatic carbocycles. The zero-order chi connectivity index (χ0) is 19.2. The molecule has 4 rings (SSSR count). The molecule has 8 heteroatoms. The first-order valence-electron chi connectivity index (χ1n) is 9.87. The number of anilines is 1. The lowest BCUT2D eigenvalue weighted by Gasteiger charge is -2.19. The molecule has 1 fully saturated rings. The fraction of sp³-hybridized carbons (Fsp3) is 0.500. The summed E-state index contributed by atoms with van der Waals surface area (Å²) in [5.74, 6) is 3.31. The number of aromatic amines is 1. The van der Waals surface area contributed by atoms with Gasteiger partial charge in [0.05, 0.1) is 6.42 Å². The van der Waals surface area contributed by atoms with Crippen molar-refractivity contribution in [3.63, 3.8) is 0 Å². The SMILES string of the molecule is COCCCn1c(Cc2ncn[nH]2)nnc1N1CCC(Cc2ccccc2)C1. The fourth-order valence-electron chi connectivity index (χ4n) is 3.88. The van der Waals surface area contributed by atoms with E-state index in [1.807, 2.05) is 0 Å². The van der Waals surface area contributed by atoms with Crippen molar-refractivity contribution in [1.29, 1.82) is 0 Å². The molecule has 28 heavy (non-hydrogen) atoms. The number of nitrogens with zero attached hydrogens (tertiary/aromatic N) is 6. The van der Waals surface area contributed by atoms with Crippen molar-refractivity contribution < 1.29 is 4.74 Å². The third kappa shape index (κ3) is 4.39. The van der Waals surface area contributed by atoms with Gasteiger partial charge in [-0.05, 0) is 30.7 Å². The lowest BCUT2D eigenvalue weighted by molar-refractivity contribution is 0.190. The minimum atomic E-state index is 0.598. The average Bonchev–Trinajstić information content (AvgIpc) is 3.46. The first kappa shape index (κ1) is 18.6. The van der Waals surface area contributed by atoms with Crippen LogP contribution in [0.3, 0.4) is 0 Å². The quantitative estimate of drug-likeness (QED) is 0.572. The number of hydrogen-bond donors (Lipinski definition) is 1. The van der Waals surface area contributed by atoms with E-state index in [2.05, 4.69) is 65.2 Å². The van der Waals surface area contributed by atoms with Gasteiger partial charge < -0.3 is 9.64 Å². The summed E-state index contributed by atoms with van der Waals surface area (Å²) in [7, 11) is 1.73. The van der Waals surface area contributed by atoms with E-state index in [0.717, 1.165) is 56.7 Å². The molecule has 0 saturated carbocycles. The number of ether oxygens (including phenoxy) is 1. The molecule has 0 aliphatic carbocycles. The number of methoxy groups -OCH3 is 1. The van der Waals surface area contributed by atoms with E-state index in [0.29, 0.717) is 12.3 Å². The van der Waals surface area contributed by atoms with Crippen molar-refractivity contribution in [1.82, 2.24) is 29.9 Å². The van der Waals surface area contributed by atoms with Gasteiger partial charge in [-0.2, -0.15) is 5.10 Å². The molecule has 148 valence electrons. The normalized spacial score (nSPS) is 16.8. The smallest absolute Gasteiger partial charge is 0.227 e. The molecular formula is C20H27N7O. The highest BCUT2D eigenvalue weighted by molar-refractivity contribution is 5.34. The molecule has 1 atom stereocenters. The number of aromatic nitrogens is 6. The Morgan fingerprint density at radius 1 is 1.21 bits per heavy atom.